The van der Waals surface area contributed by atoms with E-state index in [1.54, 1.807) is 7.11 Å². The lowest BCUT2D eigenvalue weighted by atomic mass is 9.85. The van der Waals surface area contributed by atoms with Gasteiger partial charge in [0.25, 0.3) is 0 Å². The molecule has 2 fully saturated rings. The van der Waals surface area contributed by atoms with Crippen molar-refractivity contribution in [3.8, 4) is 0 Å². The summed E-state index contributed by atoms with van der Waals surface area (Å²) >= 11 is 0. The van der Waals surface area contributed by atoms with E-state index in [0.717, 1.165) is 45.2 Å². The largest absolute Gasteiger partial charge is 0.481 e. The van der Waals surface area contributed by atoms with E-state index in [9.17, 15) is 4.79 Å². The Labute approximate surface area is 96.6 Å². The standard InChI is InChI=1S/C12H21NO3/c1-16-11-6-7-13(8-11)10-4-2-9(3-5-10)12(14)15/h9-11H,2-8H2,1H3,(H,14,15)/t9?,10?,11-/m1/s1. The number of aliphatic carboxylic acids is 1. The van der Waals surface area contributed by atoms with Gasteiger partial charge in [0.1, 0.15) is 0 Å². The quantitative estimate of drug-likeness (QED) is 0.790. The highest BCUT2D eigenvalue weighted by Crippen LogP contribution is 2.30. The molecule has 1 aliphatic carbocycles. The van der Waals surface area contributed by atoms with Gasteiger partial charge in [0.2, 0.25) is 0 Å². The molecule has 0 aromatic carbocycles. The third kappa shape index (κ3) is 2.55. The lowest BCUT2D eigenvalue weighted by molar-refractivity contribution is -0.143. The van der Waals surface area contributed by atoms with Crippen molar-refractivity contribution >= 4 is 5.97 Å². The minimum absolute atomic E-state index is 0.0999. The van der Waals surface area contributed by atoms with Crippen LogP contribution in [0.1, 0.15) is 32.1 Å². The van der Waals surface area contributed by atoms with Gasteiger partial charge >= 0.3 is 5.97 Å². The molecule has 0 aromatic heterocycles. The summed E-state index contributed by atoms with van der Waals surface area (Å²) in [4.78, 5) is 13.3. The minimum atomic E-state index is -0.616. The van der Waals surface area contributed by atoms with E-state index in [1.165, 1.54) is 0 Å². The first-order valence-electron chi connectivity index (χ1n) is 6.20. The van der Waals surface area contributed by atoms with Gasteiger partial charge in [-0.3, -0.25) is 9.69 Å². The summed E-state index contributed by atoms with van der Waals surface area (Å²) in [6.07, 6.45) is 5.26. The molecule has 0 unspecified atom stereocenters. The van der Waals surface area contributed by atoms with Crippen LogP contribution in [0.15, 0.2) is 0 Å². The van der Waals surface area contributed by atoms with E-state index >= 15 is 0 Å². The molecule has 2 rings (SSSR count). The van der Waals surface area contributed by atoms with E-state index in [4.69, 9.17) is 9.84 Å². The number of rotatable bonds is 3. The number of carboxylic acid groups (broad SMARTS) is 1. The van der Waals surface area contributed by atoms with Gasteiger partial charge in [-0.05, 0) is 32.1 Å². The van der Waals surface area contributed by atoms with Gasteiger partial charge in [0.05, 0.1) is 12.0 Å². The number of hydrogen-bond acceptors (Lipinski definition) is 3. The third-order valence-electron chi connectivity index (χ3n) is 4.07. The van der Waals surface area contributed by atoms with Gasteiger partial charge in [0.15, 0.2) is 0 Å². The molecule has 1 aliphatic heterocycles. The Bertz CT molecular complexity index is 249. The summed E-state index contributed by atoms with van der Waals surface area (Å²) in [7, 11) is 1.77. The lowest BCUT2D eigenvalue weighted by Crippen LogP contribution is -2.38. The maximum absolute atomic E-state index is 10.8. The smallest absolute Gasteiger partial charge is 0.306 e. The summed E-state index contributed by atoms with van der Waals surface area (Å²) in [5.74, 6) is -0.716. The monoisotopic (exact) mass is 227 g/mol. The molecule has 1 saturated heterocycles. The van der Waals surface area contributed by atoms with Crippen molar-refractivity contribution in [1.82, 2.24) is 4.90 Å². The minimum Gasteiger partial charge on any atom is -0.481 e. The average molecular weight is 227 g/mol. The SMILES string of the molecule is CO[C@@H]1CCN(C2CCC(C(=O)O)CC2)C1. The Kier molecular flexibility index (Phi) is 3.82. The highest BCUT2D eigenvalue weighted by atomic mass is 16.5. The average Bonchev–Trinajstić information content (AvgIpc) is 2.77. The van der Waals surface area contributed by atoms with Crippen LogP contribution in [0.25, 0.3) is 0 Å². The summed E-state index contributed by atoms with van der Waals surface area (Å²) in [5.41, 5.74) is 0. The topological polar surface area (TPSA) is 49.8 Å². The molecule has 16 heavy (non-hydrogen) atoms. The maximum atomic E-state index is 10.8. The van der Waals surface area contributed by atoms with Crippen LogP contribution in [0.3, 0.4) is 0 Å². The first-order chi connectivity index (χ1) is 7.70. The van der Waals surface area contributed by atoms with Crippen LogP contribution in [-0.2, 0) is 9.53 Å². The van der Waals surface area contributed by atoms with Crippen molar-refractivity contribution in [2.24, 2.45) is 5.92 Å². The van der Waals surface area contributed by atoms with Crippen molar-refractivity contribution in [2.45, 2.75) is 44.2 Å². The molecule has 4 heteroatoms. The molecule has 92 valence electrons. The molecule has 2 aliphatic rings. The summed E-state index contributed by atoms with van der Waals surface area (Å²) in [5, 5.41) is 8.94. The second-order valence-electron chi connectivity index (χ2n) is 4.99. The first kappa shape index (κ1) is 11.9. The zero-order valence-corrected chi connectivity index (χ0v) is 9.89. The van der Waals surface area contributed by atoms with Crippen molar-refractivity contribution in [3.05, 3.63) is 0 Å². The van der Waals surface area contributed by atoms with Crippen molar-refractivity contribution in [2.75, 3.05) is 20.2 Å². The molecule has 1 saturated carbocycles. The van der Waals surface area contributed by atoms with Gasteiger partial charge in [-0.1, -0.05) is 0 Å². The summed E-state index contributed by atoms with van der Waals surface area (Å²) in [6, 6.07) is 0.593. The normalized spacial score (nSPS) is 36.4. The maximum Gasteiger partial charge on any atom is 0.306 e. The molecule has 1 N–H and O–H groups in total. The Morgan fingerprint density at radius 3 is 2.44 bits per heavy atom. The molecule has 0 amide bonds. The number of carbonyl (C=O) groups is 1. The van der Waals surface area contributed by atoms with Crippen LogP contribution in [-0.4, -0.2) is 48.3 Å². The Balaban J connectivity index is 1.79. The molecule has 1 heterocycles. The number of ether oxygens (including phenoxy) is 1. The zero-order valence-electron chi connectivity index (χ0n) is 9.89. The van der Waals surface area contributed by atoms with Crippen LogP contribution < -0.4 is 0 Å². The fourth-order valence-electron chi connectivity index (χ4n) is 2.97. The van der Waals surface area contributed by atoms with Crippen molar-refractivity contribution in [3.63, 3.8) is 0 Å². The van der Waals surface area contributed by atoms with Crippen molar-refractivity contribution in [1.29, 1.82) is 0 Å². The Hall–Kier alpha value is -0.610. The zero-order chi connectivity index (χ0) is 11.5. The number of carboxylic acids is 1. The van der Waals surface area contributed by atoms with Crippen LogP contribution >= 0.6 is 0 Å². The van der Waals surface area contributed by atoms with Crippen molar-refractivity contribution < 1.29 is 14.6 Å². The highest BCUT2D eigenvalue weighted by Gasteiger charge is 2.32. The van der Waals surface area contributed by atoms with Gasteiger partial charge in [-0.15, -0.1) is 0 Å². The van der Waals surface area contributed by atoms with Crippen LogP contribution in [0.2, 0.25) is 0 Å². The Morgan fingerprint density at radius 1 is 1.25 bits per heavy atom. The van der Waals surface area contributed by atoms with Gasteiger partial charge in [0, 0.05) is 26.2 Å². The third-order valence-corrected chi connectivity index (χ3v) is 4.07. The van der Waals surface area contributed by atoms with E-state index in [2.05, 4.69) is 4.90 Å². The van der Waals surface area contributed by atoms with E-state index in [0.29, 0.717) is 12.1 Å². The molecule has 0 aromatic rings. The molecular weight excluding hydrogens is 206 g/mol. The van der Waals surface area contributed by atoms with E-state index in [1.807, 2.05) is 0 Å². The summed E-state index contributed by atoms with van der Waals surface area (Å²) < 4.78 is 5.36. The fraction of sp³-hybridized carbons (Fsp3) is 0.917. The number of hydrogen-bond donors (Lipinski definition) is 1. The second kappa shape index (κ2) is 5.15. The molecule has 1 atom stereocenters. The fourth-order valence-corrected chi connectivity index (χ4v) is 2.97. The van der Waals surface area contributed by atoms with Crippen LogP contribution in [0, 0.1) is 5.92 Å². The molecular formula is C12H21NO3. The molecule has 0 radical (unpaired) electrons. The van der Waals surface area contributed by atoms with Gasteiger partial charge in [-0.25, -0.2) is 0 Å². The number of nitrogens with zero attached hydrogens (tertiary/aromatic N) is 1. The first-order valence-corrected chi connectivity index (χ1v) is 6.20. The predicted octanol–water partition coefficient (Wildman–Crippen LogP) is 1.35. The van der Waals surface area contributed by atoms with Gasteiger partial charge in [-0.2, -0.15) is 0 Å². The number of likely N-dealkylation sites (tertiary alicyclic amines) is 1. The Morgan fingerprint density at radius 2 is 1.94 bits per heavy atom. The lowest BCUT2D eigenvalue weighted by Gasteiger charge is -2.33. The molecule has 4 nitrogen and oxygen atoms in total. The summed E-state index contributed by atoms with van der Waals surface area (Å²) in [6.45, 7) is 2.14. The van der Waals surface area contributed by atoms with Gasteiger partial charge < -0.3 is 9.84 Å². The van der Waals surface area contributed by atoms with E-state index < -0.39 is 5.97 Å². The van der Waals surface area contributed by atoms with E-state index in [-0.39, 0.29) is 5.92 Å². The molecule has 0 spiro atoms. The van der Waals surface area contributed by atoms with Crippen LogP contribution in [0.4, 0.5) is 0 Å². The second-order valence-corrected chi connectivity index (χ2v) is 4.99. The predicted molar refractivity (Wildman–Crippen MR) is 60.4 cm³/mol. The number of methoxy groups -OCH3 is 1. The highest BCUT2D eigenvalue weighted by molar-refractivity contribution is 5.70. The molecule has 0 bridgehead atoms. The van der Waals surface area contributed by atoms with Crippen LogP contribution in [0.5, 0.6) is 0 Å².